The molecular weight excluding hydrogens is 295 g/mol. The van der Waals surface area contributed by atoms with E-state index in [-0.39, 0.29) is 25.1 Å². The zero-order valence-corrected chi connectivity index (χ0v) is 10.9. The Balaban J connectivity index is 2.03. The topological polar surface area (TPSA) is 32.3 Å². The molecule has 0 radical (unpaired) electrons. The van der Waals surface area contributed by atoms with Crippen LogP contribution in [0.3, 0.4) is 0 Å². The van der Waals surface area contributed by atoms with E-state index in [0.29, 0.717) is 6.07 Å². The van der Waals surface area contributed by atoms with E-state index < -0.39 is 36.3 Å². The predicted octanol–water partition coefficient (Wildman–Crippen LogP) is 3.77. The molecule has 1 N–H and O–H groups in total. The SMILES string of the molecule is O=C(Nc1ccc(F)cc1F)N1CCCC(C(F)(F)F)C1. The Morgan fingerprint density at radius 1 is 1.29 bits per heavy atom. The van der Waals surface area contributed by atoms with Crippen LogP contribution in [0.4, 0.5) is 32.4 Å². The standard InChI is InChI=1S/C13H13F5N2O/c14-9-3-4-11(10(15)6-9)19-12(21)20-5-1-2-8(7-20)13(16,17)18/h3-4,6,8H,1-2,5,7H2,(H,19,21). The number of urea groups is 1. The number of carbonyl (C=O) groups is 1. The van der Waals surface area contributed by atoms with Gasteiger partial charge in [-0.15, -0.1) is 0 Å². The van der Waals surface area contributed by atoms with E-state index in [2.05, 4.69) is 5.32 Å². The van der Waals surface area contributed by atoms with Crippen LogP contribution in [0.5, 0.6) is 0 Å². The third-order valence-electron chi connectivity index (χ3n) is 3.34. The van der Waals surface area contributed by atoms with E-state index in [4.69, 9.17) is 0 Å². The average Bonchev–Trinajstić information content (AvgIpc) is 2.41. The van der Waals surface area contributed by atoms with Gasteiger partial charge in [-0.1, -0.05) is 0 Å². The van der Waals surface area contributed by atoms with Gasteiger partial charge in [-0.05, 0) is 25.0 Å². The summed E-state index contributed by atoms with van der Waals surface area (Å²) in [7, 11) is 0. The van der Waals surface area contributed by atoms with Crippen LogP contribution in [0.25, 0.3) is 0 Å². The number of rotatable bonds is 1. The van der Waals surface area contributed by atoms with Crippen molar-refractivity contribution in [1.82, 2.24) is 4.90 Å². The molecule has 2 rings (SSSR count). The lowest BCUT2D eigenvalue weighted by molar-refractivity contribution is -0.183. The molecule has 1 aliphatic heterocycles. The van der Waals surface area contributed by atoms with Gasteiger partial charge in [0.2, 0.25) is 0 Å². The number of benzene rings is 1. The lowest BCUT2D eigenvalue weighted by Gasteiger charge is -2.33. The van der Waals surface area contributed by atoms with Crippen molar-refractivity contribution in [2.45, 2.75) is 19.0 Å². The predicted molar refractivity (Wildman–Crippen MR) is 65.7 cm³/mol. The first-order valence-corrected chi connectivity index (χ1v) is 6.35. The number of carbonyl (C=O) groups excluding carboxylic acids is 1. The highest BCUT2D eigenvalue weighted by atomic mass is 19.4. The highest BCUT2D eigenvalue weighted by Gasteiger charge is 2.42. The van der Waals surface area contributed by atoms with E-state index in [1.807, 2.05) is 0 Å². The number of anilines is 1. The van der Waals surface area contributed by atoms with Crippen molar-refractivity contribution in [1.29, 1.82) is 0 Å². The fourth-order valence-corrected chi connectivity index (χ4v) is 2.21. The number of hydrogen-bond donors (Lipinski definition) is 1. The molecule has 0 aromatic heterocycles. The van der Waals surface area contributed by atoms with Crippen molar-refractivity contribution in [2.75, 3.05) is 18.4 Å². The summed E-state index contributed by atoms with van der Waals surface area (Å²) in [6, 6.07) is 1.74. The zero-order chi connectivity index (χ0) is 15.6. The van der Waals surface area contributed by atoms with Crippen molar-refractivity contribution in [3.63, 3.8) is 0 Å². The summed E-state index contributed by atoms with van der Waals surface area (Å²) < 4.78 is 64.1. The Labute approximate surface area is 117 Å². The number of hydrogen-bond acceptors (Lipinski definition) is 1. The van der Waals surface area contributed by atoms with Crippen LogP contribution >= 0.6 is 0 Å². The number of nitrogens with one attached hydrogen (secondary N) is 1. The average molecular weight is 308 g/mol. The molecule has 0 bridgehead atoms. The molecule has 2 amide bonds. The summed E-state index contributed by atoms with van der Waals surface area (Å²) in [6.45, 7) is -0.292. The van der Waals surface area contributed by atoms with Crippen molar-refractivity contribution >= 4 is 11.7 Å². The summed E-state index contributed by atoms with van der Waals surface area (Å²) in [6.07, 6.45) is -4.16. The van der Waals surface area contributed by atoms with Crippen LogP contribution in [0.2, 0.25) is 0 Å². The second-order valence-electron chi connectivity index (χ2n) is 4.88. The Hall–Kier alpha value is -1.86. The number of halogens is 5. The third kappa shape index (κ3) is 3.83. The van der Waals surface area contributed by atoms with Gasteiger partial charge in [0.1, 0.15) is 11.6 Å². The fourth-order valence-electron chi connectivity index (χ4n) is 2.21. The van der Waals surface area contributed by atoms with Gasteiger partial charge in [0, 0.05) is 19.2 Å². The number of nitrogens with zero attached hydrogens (tertiary/aromatic N) is 1. The smallest absolute Gasteiger partial charge is 0.324 e. The quantitative estimate of drug-likeness (QED) is 0.787. The molecule has 1 aromatic carbocycles. The van der Waals surface area contributed by atoms with Gasteiger partial charge in [0.25, 0.3) is 0 Å². The van der Waals surface area contributed by atoms with Crippen molar-refractivity contribution in [3.8, 4) is 0 Å². The summed E-state index contributed by atoms with van der Waals surface area (Å²) in [4.78, 5) is 12.9. The van der Waals surface area contributed by atoms with Crippen molar-refractivity contribution in [2.24, 2.45) is 5.92 Å². The largest absolute Gasteiger partial charge is 0.393 e. The molecular formula is C13H13F5N2O. The number of amides is 2. The first-order chi connectivity index (χ1) is 9.77. The first kappa shape index (κ1) is 15.5. The minimum Gasteiger partial charge on any atom is -0.324 e. The summed E-state index contributed by atoms with van der Waals surface area (Å²) in [5, 5.41) is 2.16. The Kier molecular flexibility index (Phi) is 4.34. The molecule has 21 heavy (non-hydrogen) atoms. The maximum atomic E-state index is 13.4. The highest BCUT2D eigenvalue weighted by molar-refractivity contribution is 5.89. The molecule has 1 aliphatic rings. The van der Waals surface area contributed by atoms with E-state index in [1.165, 1.54) is 0 Å². The second kappa shape index (κ2) is 5.87. The van der Waals surface area contributed by atoms with Gasteiger partial charge >= 0.3 is 12.2 Å². The molecule has 1 heterocycles. The minimum atomic E-state index is -4.36. The molecule has 116 valence electrons. The van der Waals surface area contributed by atoms with Gasteiger partial charge in [0.05, 0.1) is 11.6 Å². The zero-order valence-electron chi connectivity index (χ0n) is 10.9. The molecule has 0 saturated carbocycles. The molecule has 1 aromatic rings. The van der Waals surface area contributed by atoms with Gasteiger partial charge in [-0.25, -0.2) is 13.6 Å². The summed E-state index contributed by atoms with van der Waals surface area (Å²) >= 11 is 0. The maximum Gasteiger partial charge on any atom is 0.393 e. The number of likely N-dealkylation sites (tertiary alicyclic amines) is 1. The van der Waals surface area contributed by atoms with Crippen LogP contribution < -0.4 is 5.32 Å². The molecule has 3 nitrogen and oxygen atoms in total. The lowest BCUT2D eigenvalue weighted by atomic mass is 9.98. The Bertz CT molecular complexity index is 532. The lowest BCUT2D eigenvalue weighted by Crippen LogP contribution is -2.46. The molecule has 1 unspecified atom stereocenters. The van der Waals surface area contributed by atoms with Crippen LogP contribution in [-0.4, -0.2) is 30.2 Å². The number of alkyl halides is 3. The van der Waals surface area contributed by atoms with Gasteiger partial charge in [-0.2, -0.15) is 13.2 Å². The summed E-state index contributed by atoms with van der Waals surface area (Å²) in [5.74, 6) is -3.36. The van der Waals surface area contributed by atoms with E-state index in [9.17, 15) is 26.7 Å². The van der Waals surface area contributed by atoms with E-state index >= 15 is 0 Å². The second-order valence-corrected chi connectivity index (χ2v) is 4.88. The van der Waals surface area contributed by atoms with Crippen molar-refractivity contribution < 1.29 is 26.7 Å². The monoisotopic (exact) mass is 308 g/mol. The molecule has 0 aliphatic carbocycles. The number of piperidine rings is 1. The minimum absolute atomic E-state index is 0.0296. The van der Waals surface area contributed by atoms with Gasteiger partial charge in [-0.3, -0.25) is 0 Å². The maximum absolute atomic E-state index is 13.4. The fraction of sp³-hybridized carbons (Fsp3) is 0.462. The summed E-state index contributed by atoms with van der Waals surface area (Å²) in [5.41, 5.74) is -0.268. The Morgan fingerprint density at radius 3 is 2.62 bits per heavy atom. The molecule has 1 atom stereocenters. The molecule has 1 fully saturated rings. The van der Waals surface area contributed by atoms with Crippen molar-refractivity contribution in [3.05, 3.63) is 29.8 Å². The molecule has 0 spiro atoms. The van der Waals surface area contributed by atoms with Crippen LogP contribution in [0, 0.1) is 17.6 Å². The molecule has 8 heteroatoms. The third-order valence-corrected chi connectivity index (χ3v) is 3.34. The van der Waals surface area contributed by atoms with Crippen LogP contribution in [-0.2, 0) is 0 Å². The van der Waals surface area contributed by atoms with Gasteiger partial charge in [0.15, 0.2) is 0 Å². The highest BCUT2D eigenvalue weighted by Crippen LogP contribution is 2.33. The van der Waals surface area contributed by atoms with E-state index in [1.54, 1.807) is 0 Å². The van der Waals surface area contributed by atoms with Gasteiger partial charge < -0.3 is 10.2 Å². The van der Waals surface area contributed by atoms with E-state index in [0.717, 1.165) is 17.0 Å². The Morgan fingerprint density at radius 2 is 2.00 bits per heavy atom. The normalized spacial score (nSPS) is 19.5. The first-order valence-electron chi connectivity index (χ1n) is 6.35. The molecule has 1 saturated heterocycles. The van der Waals surface area contributed by atoms with Crippen LogP contribution in [0.15, 0.2) is 18.2 Å². The van der Waals surface area contributed by atoms with Crippen LogP contribution in [0.1, 0.15) is 12.8 Å².